The molecule has 0 aromatic carbocycles. The van der Waals surface area contributed by atoms with Crippen LogP contribution >= 0.6 is 0 Å². The average Bonchev–Trinajstić information content (AvgIpc) is 2.05. The molecular weight excluding hydrogens is 150 g/mol. The molecular formula is C10H19NO. The third-order valence-corrected chi connectivity index (χ3v) is 2.90. The molecule has 0 amide bonds. The van der Waals surface area contributed by atoms with Gasteiger partial charge in [0, 0.05) is 19.1 Å². The Balaban J connectivity index is 1.91. The maximum Gasteiger partial charge on any atom is 0.0703 e. The van der Waals surface area contributed by atoms with Gasteiger partial charge in [0.15, 0.2) is 0 Å². The molecule has 0 aromatic rings. The first-order valence-electron chi connectivity index (χ1n) is 5.11. The number of hydrogen-bond acceptors (Lipinski definition) is 2. The van der Waals surface area contributed by atoms with Gasteiger partial charge in [0.05, 0.1) is 12.7 Å². The molecule has 2 nitrogen and oxygen atoms in total. The van der Waals surface area contributed by atoms with E-state index in [9.17, 15) is 0 Å². The molecule has 3 heterocycles. The van der Waals surface area contributed by atoms with E-state index in [2.05, 4.69) is 18.7 Å². The molecule has 12 heavy (non-hydrogen) atoms. The average molecular weight is 169 g/mol. The van der Waals surface area contributed by atoms with Crippen molar-refractivity contribution >= 4 is 0 Å². The third kappa shape index (κ3) is 1.64. The summed E-state index contributed by atoms with van der Waals surface area (Å²) < 4.78 is 5.65. The molecule has 2 bridgehead atoms. The molecule has 0 N–H and O–H groups in total. The van der Waals surface area contributed by atoms with Gasteiger partial charge in [-0.15, -0.1) is 0 Å². The summed E-state index contributed by atoms with van der Waals surface area (Å²) in [6.45, 7) is 8.01. The summed E-state index contributed by atoms with van der Waals surface area (Å²) in [6, 6.07) is 0.734. The van der Waals surface area contributed by atoms with Crippen LogP contribution in [0.3, 0.4) is 0 Å². The largest absolute Gasteiger partial charge is 0.375 e. The predicted molar refractivity (Wildman–Crippen MR) is 49.2 cm³/mol. The summed E-state index contributed by atoms with van der Waals surface area (Å²) >= 11 is 0. The fourth-order valence-electron chi connectivity index (χ4n) is 2.33. The third-order valence-electron chi connectivity index (χ3n) is 2.90. The second kappa shape index (κ2) is 3.35. The van der Waals surface area contributed by atoms with Gasteiger partial charge in [0.25, 0.3) is 0 Å². The first kappa shape index (κ1) is 8.52. The Hall–Kier alpha value is -0.0800. The molecule has 0 saturated carbocycles. The summed E-state index contributed by atoms with van der Waals surface area (Å²) in [5, 5.41) is 0. The van der Waals surface area contributed by atoms with Gasteiger partial charge in [-0.05, 0) is 18.8 Å². The van der Waals surface area contributed by atoms with Crippen molar-refractivity contribution < 1.29 is 4.74 Å². The van der Waals surface area contributed by atoms with Crippen molar-refractivity contribution in [1.29, 1.82) is 0 Å². The Kier molecular flexibility index (Phi) is 2.37. The zero-order valence-electron chi connectivity index (χ0n) is 8.12. The molecule has 2 atom stereocenters. The van der Waals surface area contributed by atoms with Gasteiger partial charge in [0.2, 0.25) is 0 Å². The first-order chi connectivity index (χ1) is 5.75. The van der Waals surface area contributed by atoms with E-state index < -0.39 is 0 Å². The van der Waals surface area contributed by atoms with E-state index in [0.717, 1.165) is 18.6 Å². The Morgan fingerprint density at radius 2 is 2.25 bits per heavy atom. The Morgan fingerprint density at radius 1 is 1.42 bits per heavy atom. The highest BCUT2D eigenvalue weighted by Gasteiger charge is 2.34. The van der Waals surface area contributed by atoms with Crippen molar-refractivity contribution in [2.45, 2.75) is 38.8 Å². The summed E-state index contributed by atoms with van der Waals surface area (Å²) in [4.78, 5) is 2.61. The molecule has 70 valence electrons. The van der Waals surface area contributed by atoms with E-state index in [4.69, 9.17) is 4.74 Å². The van der Waals surface area contributed by atoms with Crippen LogP contribution in [0, 0.1) is 5.92 Å². The smallest absolute Gasteiger partial charge is 0.0703 e. The van der Waals surface area contributed by atoms with E-state index in [-0.39, 0.29) is 0 Å². The SMILES string of the molecule is CC(C)CN1CC2CCC1CO2. The minimum atomic E-state index is 0.550. The second-order valence-electron chi connectivity index (χ2n) is 4.53. The van der Waals surface area contributed by atoms with Crippen molar-refractivity contribution in [2.75, 3.05) is 19.7 Å². The molecule has 3 rings (SSSR count). The molecule has 0 spiro atoms. The van der Waals surface area contributed by atoms with Crippen LogP contribution in [0.4, 0.5) is 0 Å². The van der Waals surface area contributed by atoms with E-state index in [0.29, 0.717) is 6.10 Å². The number of fused-ring (bicyclic) bond motifs is 3. The van der Waals surface area contributed by atoms with Gasteiger partial charge < -0.3 is 4.74 Å². The van der Waals surface area contributed by atoms with Crippen LogP contribution in [-0.4, -0.2) is 36.7 Å². The lowest BCUT2D eigenvalue weighted by Gasteiger charge is -2.45. The van der Waals surface area contributed by atoms with Crippen LogP contribution in [0.25, 0.3) is 0 Å². The lowest BCUT2D eigenvalue weighted by Crippen LogP contribution is -2.55. The summed E-state index contributed by atoms with van der Waals surface area (Å²) in [5.74, 6) is 0.796. The van der Waals surface area contributed by atoms with Crippen LogP contribution < -0.4 is 0 Å². The lowest BCUT2D eigenvalue weighted by atomic mass is 9.96. The van der Waals surface area contributed by atoms with Gasteiger partial charge in [-0.2, -0.15) is 0 Å². The highest BCUT2D eigenvalue weighted by Crippen LogP contribution is 2.26. The fourth-order valence-corrected chi connectivity index (χ4v) is 2.33. The van der Waals surface area contributed by atoms with Crippen molar-refractivity contribution in [3.05, 3.63) is 0 Å². The van der Waals surface area contributed by atoms with Gasteiger partial charge in [-0.3, -0.25) is 4.90 Å². The van der Waals surface area contributed by atoms with Crippen LogP contribution in [0.2, 0.25) is 0 Å². The number of nitrogens with zero attached hydrogens (tertiary/aromatic N) is 1. The van der Waals surface area contributed by atoms with E-state index >= 15 is 0 Å². The molecule has 3 aliphatic heterocycles. The normalized spacial score (nSPS) is 36.2. The fraction of sp³-hybridized carbons (Fsp3) is 1.00. The number of hydrogen-bond donors (Lipinski definition) is 0. The van der Waals surface area contributed by atoms with Gasteiger partial charge in [-0.1, -0.05) is 13.8 Å². The Bertz CT molecular complexity index is 148. The Morgan fingerprint density at radius 3 is 2.67 bits per heavy atom. The molecule has 2 heteroatoms. The summed E-state index contributed by atoms with van der Waals surface area (Å²) in [7, 11) is 0. The maximum atomic E-state index is 5.65. The minimum Gasteiger partial charge on any atom is -0.375 e. The first-order valence-corrected chi connectivity index (χ1v) is 5.11. The van der Waals surface area contributed by atoms with Crippen molar-refractivity contribution in [2.24, 2.45) is 5.92 Å². The van der Waals surface area contributed by atoms with Crippen LogP contribution in [0.15, 0.2) is 0 Å². The van der Waals surface area contributed by atoms with E-state index in [1.807, 2.05) is 0 Å². The quantitative estimate of drug-likeness (QED) is 0.621. The minimum absolute atomic E-state index is 0.550. The topological polar surface area (TPSA) is 12.5 Å². The number of ether oxygens (including phenoxy) is 1. The van der Waals surface area contributed by atoms with Crippen LogP contribution in [0.5, 0.6) is 0 Å². The van der Waals surface area contributed by atoms with Crippen molar-refractivity contribution in [1.82, 2.24) is 4.90 Å². The van der Waals surface area contributed by atoms with Gasteiger partial charge >= 0.3 is 0 Å². The zero-order chi connectivity index (χ0) is 8.55. The summed E-state index contributed by atoms with van der Waals surface area (Å²) in [6.07, 6.45) is 3.20. The highest BCUT2D eigenvalue weighted by atomic mass is 16.5. The summed E-state index contributed by atoms with van der Waals surface area (Å²) in [5.41, 5.74) is 0. The zero-order valence-corrected chi connectivity index (χ0v) is 8.12. The Labute approximate surface area is 74.9 Å². The highest BCUT2D eigenvalue weighted by molar-refractivity contribution is 4.87. The lowest BCUT2D eigenvalue weighted by molar-refractivity contribution is -0.108. The van der Waals surface area contributed by atoms with Gasteiger partial charge in [0.1, 0.15) is 0 Å². The van der Waals surface area contributed by atoms with Crippen LogP contribution in [-0.2, 0) is 4.74 Å². The molecule has 3 saturated heterocycles. The molecule has 0 aromatic heterocycles. The standard InChI is InChI=1S/C10H19NO/c1-8(2)5-11-6-10-4-3-9(11)7-12-10/h8-10H,3-7H2,1-2H3. The van der Waals surface area contributed by atoms with E-state index in [1.165, 1.54) is 25.9 Å². The second-order valence-corrected chi connectivity index (χ2v) is 4.53. The van der Waals surface area contributed by atoms with Crippen LogP contribution in [0.1, 0.15) is 26.7 Å². The predicted octanol–water partition coefficient (Wildman–Crippen LogP) is 1.51. The number of rotatable bonds is 2. The van der Waals surface area contributed by atoms with Crippen molar-refractivity contribution in [3.63, 3.8) is 0 Å². The monoisotopic (exact) mass is 169 g/mol. The molecule has 2 unspecified atom stereocenters. The number of piperidine rings is 1. The molecule has 0 radical (unpaired) electrons. The molecule has 3 aliphatic rings. The maximum absolute atomic E-state index is 5.65. The van der Waals surface area contributed by atoms with Crippen molar-refractivity contribution in [3.8, 4) is 0 Å². The number of morpholine rings is 1. The molecule has 3 fully saturated rings. The van der Waals surface area contributed by atoms with E-state index in [1.54, 1.807) is 0 Å². The van der Waals surface area contributed by atoms with Gasteiger partial charge in [-0.25, -0.2) is 0 Å². The molecule has 0 aliphatic carbocycles.